The van der Waals surface area contributed by atoms with Crippen LogP contribution in [0.5, 0.6) is 0 Å². The molecule has 10 nitrogen and oxygen atoms in total. The molecular formula is C9H23NO9S2Zn. The number of unbranched alkanes of at least 4 members (excludes halogenated alkanes) is 2. The van der Waals surface area contributed by atoms with Crippen molar-refractivity contribution in [1.29, 1.82) is 0 Å². The Labute approximate surface area is 145 Å². The van der Waals surface area contributed by atoms with Gasteiger partial charge in [-0.2, -0.15) is 29.7 Å². The number of nitrogens with two attached hydrogens (primary N) is 1. The van der Waals surface area contributed by atoms with Gasteiger partial charge in [0.25, 0.3) is 0 Å². The Bertz CT molecular complexity index is 380. The van der Waals surface area contributed by atoms with Crippen molar-refractivity contribution < 1.29 is 58.9 Å². The van der Waals surface area contributed by atoms with Crippen LogP contribution in [-0.2, 0) is 43.9 Å². The maximum Gasteiger partial charge on any atom is 2.00 e. The van der Waals surface area contributed by atoms with E-state index in [0.29, 0.717) is 0 Å². The van der Waals surface area contributed by atoms with Crippen molar-refractivity contribution >= 4 is 26.9 Å². The molecule has 0 aliphatic carbocycles. The van der Waals surface area contributed by atoms with Crippen molar-refractivity contribution in [3.8, 4) is 0 Å². The van der Waals surface area contributed by atoms with Crippen LogP contribution in [0.25, 0.3) is 0 Å². The summed E-state index contributed by atoms with van der Waals surface area (Å²) in [5.74, 6) is 0. The molecule has 0 spiro atoms. The SMILES string of the molecule is NC(=O)O.O=S(=O)(O)OS(=O)(=O)O.[CH2-]CCC.[CH2-]CCC.[Zn+2]. The summed E-state index contributed by atoms with van der Waals surface area (Å²) in [6.07, 6.45) is 3.22. The molecule has 0 saturated heterocycles. The van der Waals surface area contributed by atoms with Gasteiger partial charge in [0.2, 0.25) is 0 Å². The van der Waals surface area contributed by atoms with Crippen LogP contribution < -0.4 is 5.73 Å². The van der Waals surface area contributed by atoms with Gasteiger partial charge >= 0.3 is 46.4 Å². The molecule has 0 bridgehead atoms. The van der Waals surface area contributed by atoms with Gasteiger partial charge in [0.05, 0.1) is 0 Å². The Morgan fingerprint density at radius 1 is 1.00 bits per heavy atom. The molecule has 0 saturated carbocycles. The van der Waals surface area contributed by atoms with Gasteiger partial charge in [-0.25, -0.2) is 4.79 Å². The summed E-state index contributed by atoms with van der Waals surface area (Å²) in [6, 6.07) is 0. The van der Waals surface area contributed by atoms with Crippen molar-refractivity contribution in [2.24, 2.45) is 5.73 Å². The van der Waals surface area contributed by atoms with E-state index in [1.807, 2.05) is 0 Å². The minimum atomic E-state index is -5.12. The third-order valence-electron chi connectivity index (χ3n) is 0.879. The summed E-state index contributed by atoms with van der Waals surface area (Å²) in [6.45, 7) is 11.4. The molecular weight excluding hydrogens is 396 g/mol. The monoisotopic (exact) mass is 417 g/mol. The molecule has 0 aromatic carbocycles. The van der Waals surface area contributed by atoms with Gasteiger partial charge in [-0.3, -0.25) is 9.11 Å². The first kappa shape index (κ1) is 33.3. The quantitative estimate of drug-likeness (QED) is 0.298. The molecule has 0 fully saturated rings. The van der Waals surface area contributed by atoms with Gasteiger partial charge in [0.15, 0.2) is 0 Å². The Hall–Kier alpha value is -0.327. The summed E-state index contributed by atoms with van der Waals surface area (Å²) in [4.78, 5) is 8.78. The van der Waals surface area contributed by atoms with E-state index in [4.69, 9.17) is 19.0 Å². The zero-order valence-corrected chi connectivity index (χ0v) is 17.2. The van der Waals surface area contributed by atoms with Crippen molar-refractivity contribution in [2.75, 3.05) is 0 Å². The minimum Gasteiger partial charge on any atom is -0.465 e. The van der Waals surface area contributed by atoms with Gasteiger partial charge in [0, 0.05) is 0 Å². The first-order chi connectivity index (χ1) is 9.27. The number of amides is 1. The van der Waals surface area contributed by atoms with Crippen molar-refractivity contribution in [2.45, 2.75) is 39.5 Å². The second-order valence-electron chi connectivity index (χ2n) is 2.97. The predicted octanol–water partition coefficient (Wildman–Crippen LogP) is 1.47. The van der Waals surface area contributed by atoms with Crippen LogP contribution in [0.4, 0.5) is 4.79 Å². The molecule has 0 aromatic rings. The normalized spacial score (nSPS) is 9.36. The molecule has 0 aromatic heterocycles. The van der Waals surface area contributed by atoms with Crippen LogP contribution in [-0.4, -0.2) is 37.1 Å². The van der Waals surface area contributed by atoms with E-state index in [0.717, 1.165) is 12.8 Å². The number of rotatable bonds is 4. The Morgan fingerprint density at radius 3 is 1.14 bits per heavy atom. The molecule has 0 heterocycles. The fraction of sp³-hybridized carbons (Fsp3) is 0.667. The van der Waals surface area contributed by atoms with E-state index in [9.17, 15) is 16.8 Å². The summed E-state index contributed by atoms with van der Waals surface area (Å²) in [5, 5.41) is 7.19. The summed E-state index contributed by atoms with van der Waals surface area (Å²) in [5.41, 5.74) is 4.03. The molecule has 13 heteroatoms. The largest absolute Gasteiger partial charge is 2.00 e. The van der Waals surface area contributed by atoms with E-state index < -0.39 is 26.9 Å². The molecule has 0 aliphatic rings. The number of hydrogen-bond donors (Lipinski definition) is 4. The average Bonchev–Trinajstić information content (AvgIpc) is 2.24. The third-order valence-corrected chi connectivity index (χ3v) is 2.25. The first-order valence-electron chi connectivity index (χ1n) is 5.50. The van der Waals surface area contributed by atoms with Crippen LogP contribution >= 0.6 is 0 Å². The van der Waals surface area contributed by atoms with Gasteiger partial charge < -0.3 is 24.7 Å². The van der Waals surface area contributed by atoms with Crippen molar-refractivity contribution in [3.05, 3.63) is 13.8 Å². The third kappa shape index (κ3) is 117. The van der Waals surface area contributed by atoms with Crippen LogP contribution in [0.15, 0.2) is 0 Å². The maximum atomic E-state index is 9.44. The smallest absolute Gasteiger partial charge is 0.465 e. The molecule has 0 unspecified atom stereocenters. The first-order valence-corrected chi connectivity index (χ1v) is 8.23. The van der Waals surface area contributed by atoms with E-state index in [2.05, 4.69) is 37.1 Å². The molecule has 1 amide bonds. The van der Waals surface area contributed by atoms with E-state index >= 15 is 0 Å². The average molecular weight is 419 g/mol. The Morgan fingerprint density at radius 2 is 1.14 bits per heavy atom. The van der Waals surface area contributed by atoms with Crippen molar-refractivity contribution in [1.82, 2.24) is 0 Å². The van der Waals surface area contributed by atoms with Gasteiger partial charge in [-0.05, 0) is 0 Å². The van der Waals surface area contributed by atoms with E-state index in [-0.39, 0.29) is 19.5 Å². The van der Waals surface area contributed by atoms with Gasteiger partial charge in [-0.15, -0.1) is 3.63 Å². The molecule has 0 aliphatic heterocycles. The predicted molar refractivity (Wildman–Crippen MR) is 76.9 cm³/mol. The topological polar surface area (TPSA) is 181 Å². The number of hydrogen-bond acceptors (Lipinski definition) is 6. The van der Waals surface area contributed by atoms with E-state index in [1.54, 1.807) is 0 Å². The van der Waals surface area contributed by atoms with Gasteiger partial charge in [-0.1, -0.05) is 26.7 Å². The van der Waals surface area contributed by atoms with Crippen molar-refractivity contribution in [3.63, 3.8) is 0 Å². The zero-order chi connectivity index (χ0) is 18.1. The second-order valence-corrected chi connectivity index (χ2v) is 5.22. The van der Waals surface area contributed by atoms with Crippen LogP contribution in [0.2, 0.25) is 0 Å². The zero-order valence-electron chi connectivity index (χ0n) is 12.6. The Balaban J connectivity index is -0.0000000632. The number of carboxylic acid groups (broad SMARTS) is 1. The van der Waals surface area contributed by atoms with Crippen LogP contribution in [0.1, 0.15) is 39.5 Å². The number of carbonyl (C=O) groups is 1. The van der Waals surface area contributed by atoms with Crippen LogP contribution in [0, 0.1) is 13.8 Å². The second kappa shape index (κ2) is 20.7. The van der Waals surface area contributed by atoms with Gasteiger partial charge in [0.1, 0.15) is 0 Å². The summed E-state index contributed by atoms with van der Waals surface area (Å²) in [7, 11) is -10.2. The molecule has 0 radical (unpaired) electrons. The summed E-state index contributed by atoms with van der Waals surface area (Å²) >= 11 is 0. The molecule has 5 N–H and O–H groups in total. The Kier molecular flexibility index (Phi) is 31.3. The van der Waals surface area contributed by atoms with E-state index in [1.165, 1.54) is 12.8 Å². The molecule has 22 heavy (non-hydrogen) atoms. The molecule has 0 rings (SSSR count). The standard InChI is InChI=1S/2C4H9.CH3NO2.H2O7S2.Zn/c2*1-3-4-2;2-1(3)4;1-8(2,3)7-9(4,5)6;/h2*1,3-4H2,2H3;2H2,(H,3,4);(H,1,2,3)(H,4,5,6);/q2*-1;;;+2. The fourth-order valence-corrected chi connectivity index (χ4v) is 0.978. The molecule has 0 atom stereocenters. The summed E-state index contributed by atoms with van der Waals surface area (Å²) < 4.78 is 55.6. The maximum absolute atomic E-state index is 9.44. The number of primary amides is 1. The fourth-order valence-electron chi connectivity index (χ4n) is 0.109. The molecule has 132 valence electrons. The van der Waals surface area contributed by atoms with Crippen LogP contribution in [0.3, 0.4) is 0 Å². The minimum absolute atomic E-state index is 0.